The Morgan fingerprint density at radius 3 is 1.64 bits per heavy atom. The number of nitrogens with two attached hydrogens (primary N) is 1. The highest BCUT2D eigenvalue weighted by molar-refractivity contribution is 5.77. The van der Waals surface area contributed by atoms with Gasteiger partial charge in [0.05, 0.1) is 5.82 Å². The predicted molar refractivity (Wildman–Crippen MR) is 96.4 cm³/mol. The first kappa shape index (κ1) is 21.0. The van der Waals surface area contributed by atoms with E-state index in [1.54, 1.807) is 6.08 Å². The zero-order valence-corrected chi connectivity index (χ0v) is 15.0. The van der Waals surface area contributed by atoms with Crippen LogP contribution in [0.25, 0.3) is 0 Å². The van der Waals surface area contributed by atoms with Gasteiger partial charge in [-0.3, -0.25) is 4.79 Å². The minimum absolute atomic E-state index is 0.0404. The molecule has 0 saturated heterocycles. The highest BCUT2D eigenvalue weighted by Gasteiger charge is 2.01. The normalized spacial score (nSPS) is 11.6. The van der Waals surface area contributed by atoms with Gasteiger partial charge in [0.15, 0.2) is 0 Å². The first-order valence-electron chi connectivity index (χ1n) is 9.42. The van der Waals surface area contributed by atoms with E-state index in [9.17, 15) is 4.79 Å². The fraction of sp³-hybridized carbons (Fsp3) is 0.842. The highest BCUT2D eigenvalue weighted by Crippen LogP contribution is 2.12. The lowest BCUT2D eigenvalue weighted by atomic mass is 10.0. The summed E-state index contributed by atoms with van der Waals surface area (Å²) in [7, 11) is 0. The molecular weight excluding hydrogens is 272 g/mol. The number of carbonyl (C=O) groups is 1. The molecule has 0 fully saturated rings. The molecule has 0 rings (SSSR count). The van der Waals surface area contributed by atoms with Crippen LogP contribution >= 0.6 is 0 Å². The van der Waals surface area contributed by atoms with Crippen LogP contribution in [0.3, 0.4) is 0 Å². The van der Waals surface area contributed by atoms with Gasteiger partial charge < -0.3 is 11.1 Å². The summed E-state index contributed by atoms with van der Waals surface area (Å²) in [4.78, 5) is 11.5. The van der Waals surface area contributed by atoms with Crippen molar-refractivity contribution in [3.63, 3.8) is 0 Å². The van der Waals surface area contributed by atoms with E-state index < -0.39 is 0 Å². The first-order chi connectivity index (χ1) is 10.7. The van der Waals surface area contributed by atoms with E-state index in [-0.39, 0.29) is 5.91 Å². The van der Waals surface area contributed by atoms with Gasteiger partial charge in [-0.15, -0.1) is 0 Å². The molecule has 0 saturated carbocycles. The van der Waals surface area contributed by atoms with Gasteiger partial charge in [0.25, 0.3) is 0 Å². The zero-order chi connectivity index (χ0) is 16.5. The van der Waals surface area contributed by atoms with Crippen LogP contribution in [0.4, 0.5) is 0 Å². The molecule has 130 valence electrons. The topological polar surface area (TPSA) is 55.1 Å². The van der Waals surface area contributed by atoms with E-state index in [1.807, 2.05) is 6.92 Å². The molecule has 0 radical (unpaired) electrons. The molecule has 3 nitrogen and oxygen atoms in total. The smallest absolute Gasteiger partial charge is 0.225 e. The van der Waals surface area contributed by atoms with Gasteiger partial charge in [-0.1, -0.05) is 84.0 Å². The van der Waals surface area contributed by atoms with Crippen LogP contribution < -0.4 is 11.1 Å². The van der Waals surface area contributed by atoms with Crippen molar-refractivity contribution in [3.8, 4) is 0 Å². The lowest BCUT2D eigenvalue weighted by molar-refractivity contribution is -0.120. The van der Waals surface area contributed by atoms with E-state index in [0.717, 1.165) is 12.8 Å². The third-order valence-corrected chi connectivity index (χ3v) is 4.10. The second-order valence-corrected chi connectivity index (χ2v) is 6.28. The largest absolute Gasteiger partial charge is 0.385 e. The molecule has 0 unspecified atom stereocenters. The molecule has 0 spiro atoms. The highest BCUT2D eigenvalue weighted by atomic mass is 16.1. The lowest BCUT2D eigenvalue weighted by Crippen LogP contribution is -2.26. The summed E-state index contributed by atoms with van der Waals surface area (Å²) >= 11 is 0. The maximum atomic E-state index is 11.5. The quantitative estimate of drug-likeness (QED) is 0.398. The van der Waals surface area contributed by atoms with E-state index in [0.29, 0.717) is 12.2 Å². The third-order valence-electron chi connectivity index (χ3n) is 4.10. The Bertz CT molecular complexity index is 287. The molecule has 0 bridgehead atoms. The van der Waals surface area contributed by atoms with Gasteiger partial charge >= 0.3 is 0 Å². The summed E-state index contributed by atoms with van der Waals surface area (Å²) in [6, 6.07) is 0. The van der Waals surface area contributed by atoms with E-state index >= 15 is 0 Å². The lowest BCUT2D eigenvalue weighted by Gasteiger charge is -2.05. The Morgan fingerprint density at radius 2 is 1.23 bits per heavy atom. The van der Waals surface area contributed by atoms with E-state index in [1.165, 1.54) is 70.6 Å². The van der Waals surface area contributed by atoms with Crippen molar-refractivity contribution in [1.29, 1.82) is 0 Å². The number of carbonyl (C=O) groups excluding carboxylic acids is 1. The van der Waals surface area contributed by atoms with Crippen molar-refractivity contribution in [1.82, 2.24) is 5.32 Å². The predicted octanol–water partition coefficient (Wildman–Crippen LogP) is 5.40. The SMILES string of the molecule is CC=C(N)NC(=O)CCCCCCCCCCCCCCC. The molecule has 0 aromatic carbocycles. The number of allylic oxidation sites excluding steroid dienone is 1. The van der Waals surface area contributed by atoms with Crippen molar-refractivity contribution in [2.45, 2.75) is 104 Å². The molecule has 1 amide bonds. The molecule has 22 heavy (non-hydrogen) atoms. The summed E-state index contributed by atoms with van der Waals surface area (Å²) < 4.78 is 0. The van der Waals surface area contributed by atoms with Gasteiger partial charge in [0.2, 0.25) is 5.91 Å². The Hall–Kier alpha value is -0.990. The van der Waals surface area contributed by atoms with Crippen LogP contribution in [0.5, 0.6) is 0 Å². The summed E-state index contributed by atoms with van der Waals surface area (Å²) in [6.07, 6.45) is 19.5. The molecule has 0 aliphatic carbocycles. The summed E-state index contributed by atoms with van der Waals surface area (Å²) in [5, 5.41) is 2.67. The van der Waals surface area contributed by atoms with Crippen LogP contribution in [0, 0.1) is 0 Å². The number of hydrogen-bond acceptors (Lipinski definition) is 2. The molecule has 0 aliphatic heterocycles. The molecule has 0 heterocycles. The molecule has 0 aliphatic rings. The van der Waals surface area contributed by atoms with E-state index in [4.69, 9.17) is 5.73 Å². The molecule has 0 atom stereocenters. The van der Waals surface area contributed by atoms with Gasteiger partial charge in [0.1, 0.15) is 0 Å². The number of hydrogen-bond donors (Lipinski definition) is 2. The minimum Gasteiger partial charge on any atom is -0.385 e. The maximum Gasteiger partial charge on any atom is 0.225 e. The van der Waals surface area contributed by atoms with E-state index in [2.05, 4.69) is 12.2 Å². The summed E-state index contributed by atoms with van der Waals surface area (Å²) in [6.45, 7) is 4.09. The van der Waals surface area contributed by atoms with Crippen LogP contribution in [0.1, 0.15) is 104 Å². The second kappa shape index (κ2) is 16.4. The maximum absolute atomic E-state index is 11.5. The average Bonchev–Trinajstić information content (AvgIpc) is 2.51. The Morgan fingerprint density at radius 1 is 0.818 bits per heavy atom. The molecular formula is C19H38N2O. The molecule has 3 N–H and O–H groups in total. The Labute approximate surface area is 138 Å². The fourth-order valence-corrected chi connectivity index (χ4v) is 2.60. The van der Waals surface area contributed by atoms with Crippen LogP contribution in [-0.4, -0.2) is 5.91 Å². The van der Waals surface area contributed by atoms with Crippen molar-refractivity contribution in [2.24, 2.45) is 5.73 Å². The Balaban J connectivity index is 3.16. The minimum atomic E-state index is 0.0404. The van der Waals surface area contributed by atoms with Crippen molar-refractivity contribution < 1.29 is 4.79 Å². The summed E-state index contributed by atoms with van der Waals surface area (Å²) in [5.74, 6) is 0.498. The van der Waals surface area contributed by atoms with Gasteiger partial charge in [-0.2, -0.15) is 0 Å². The fourth-order valence-electron chi connectivity index (χ4n) is 2.60. The van der Waals surface area contributed by atoms with Crippen molar-refractivity contribution >= 4 is 5.91 Å². The molecule has 0 aromatic heterocycles. The second-order valence-electron chi connectivity index (χ2n) is 6.28. The van der Waals surface area contributed by atoms with Crippen LogP contribution in [-0.2, 0) is 4.79 Å². The van der Waals surface area contributed by atoms with Gasteiger partial charge in [-0.25, -0.2) is 0 Å². The van der Waals surface area contributed by atoms with Crippen LogP contribution in [0.15, 0.2) is 11.9 Å². The molecule has 0 aromatic rings. The number of amides is 1. The molecule has 3 heteroatoms. The van der Waals surface area contributed by atoms with Crippen molar-refractivity contribution in [2.75, 3.05) is 0 Å². The number of nitrogens with one attached hydrogen (secondary N) is 1. The third kappa shape index (κ3) is 15.4. The van der Waals surface area contributed by atoms with Crippen LogP contribution in [0.2, 0.25) is 0 Å². The van der Waals surface area contributed by atoms with Crippen molar-refractivity contribution in [3.05, 3.63) is 11.9 Å². The zero-order valence-electron chi connectivity index (χ0n) is 15.0. The number of rotatable bonds is 15. The van der Waals surface area contributed by atoms with Gasteiger partial charge in [-0.05, 0) is 19.4 Å². The standard InChI is InChI=1S/C19H38N2O/c1-3-5-6-7-8-9-10-11-12-13-14-15-16-17-19(22)21-18(20)4-2/h4H,3,5-17,20H2,1-2H3,(H,21,22). The number of unbranched alkanes of at least 4 members (excludes halogenated alkanes) is 12. The monoisotopic (exact) mass is 310 g/mol. The Kier molecular flexibility index (Phi) is 15.6. The summed E-state index contributed by atoms with van der Waals surface area (Å²) in [5.41, 5.74) is 5.55. The van der Waals surface area contributed by atoms with Gasteiger partial charge in [0, 0.05) is 6.42 Å². The average molecular weight is 311 g/mol. The first-order valence-corrected chi connectivity index (χ1v) is 9.42.